The molecule has 8 heavy (non-hydrogen) atoms. The molecule has 1 rings (SSSR count). The zero-order valence-electron chi connectivity index (χ0n) is 3.91. The van der Waals surface area contributed by atoms with Crippen molar-refractivity contribution in [2.45, 2.75) is 0 Å². The second kappa shape index (κ2) is 2.15. The van der Waals surface area contributed by atoms with Gasteiger partial charge in [0.2, 0.25) is 0 Å². The standard InChI is InChI=1S/C6H2BrF/c7-5-3-1-2-4-6(5)8/h1,3H. The molecular formula is C6H2BrF. The Labute approximate surface area is 55.5 Å². The van der Waals surface area contributed by atoms with Crippen LogP contribution in [0.25, 0.3) is 0 Å². The van der Waals surface area contributed by atoms with Gasteiger partial charge in [-0.15, -0.1) is 0 Å². The minimum atomic E-state index is -0.396. The molecule has 0 aromatic heterocycles. The van der Waals surface area contributed by atoms with Crippen LogP contribution in [0.2, 0.25) is 0 Å². The summed E-state index contributed by atoms with van der Waals surface area (Å²) in [6.07, 6.45) is 0. The van der Waals surface area contributed by atoms with E-state index in [-0.39, 0.29) is 0 Å². The Bertz CT molecular complexity index is 165. The fourth-order valence-corrected chi connectivity index (χ4v) is 0.584. The van der Waals surface area contributed by atoms with Crippen molar-refractivity contribution in [2.75, 3.05) is 0 Å². The van der Waals surface area contributed by atoms with E-state index in [1.807, 2.05) is 0 Å². The van der Waals surface area contributed by atoms with Crippen LogP contribution >= 0.6 is 15.9 Å². The average Bonchev–Trinajstić information content (AvgIpc) is 1.77. The van der Waals surface area contributed by atoms with E-state index in [2.05, 4.69) is 28.1 Å². The summed E-state index contributed by atoms with van der Waals surface area (Å²) in [7, 11) is 0. The third-order valence-electron chi connectivity index (χ3n) is 0.705. The van der Waals surface area contributed by atoms with Gasteiger partial charge >= 0.3 is 0 Å². The normalized spacial score (nSPS) is 8.25. The zero-order valence-corrected chi connectivity index (χ0v) is 5.50. The van der Waals surface area contributed by atoms with Crippen LogP contribution in [0.1, 0.15) is 0 Å². The van der Waals surface area contributed by atoms with Crippen molar-refractivity contribution in [3.8, 4) is 0 Å². The lowest BCUT2D eigenvalue weighted by atomic mass is 10.4. The molecule has 0 aliphatic carbocycles. The number of hydrogen-bond donors (Lipinski definition) is 0. The maximum atomic E-state index is 12.2. The molecule has 0 aliphatic rings. The lowest BCUT2D eigenvalue weighted by molar-refractivity contribution is 0.622. The highest BCUT2D eigenvalue weighted by atomic mass is 79.9. The molecule has 0 saturated carbocycles. The highest BCUT2D eigenvalue weighted by molar-refractivity contribution is 9.10. The van der Waals surface area contributed by atoms with Crippen LogP contribution in [0.5, 0.6) is 0 Å². The van der Waals surface area contributed by atoms with E-state index in [0.29, 0.717) is 4.47 Å². The molecule has 0 unspecified atom stereocenters. The molecule has 0 spiro atoms. The Morgan fingerprint density at radius 2 is 2.38 bits per heavy atom. The first kappa shape index (κ1) is 5.58. The Kier molecular flexibility index (Phi) is 1.50. The summed E-state index contributed by atoms with van der Waals surface area (Å²) >= 11 is 2.97. The van der Waals surface area contributed by atoms with Gasteiger partial charge in [-0.1, -0.05) is 6.07 Å². The van der Waals surface area contributed by atoms with Gasteiger partial charge in [-0.3, -0.25) is 0 Å². The SMILES string of the molecule is Fc1c#cccc1Br. The Morgan fingerprint density at radius 3 is 2.75 bits per heavy atom. The van der Waals surface area contributed by atoms with E-state index in [1.165, 1.54) is 0 Å². The van der Waals surface area contributed by atoms with Gasteiger partial charge in [-0.2, -0.15) is 4.39 Å². The molecule has 0 atom stereocenters. The van der Waals surface area contributed by atoms with Gasteiger partial charge in [-0.05, 0) is 34.1 Å². The summed E-state index contributed by atoms with van der Waals surface area (Å²) < 4.78 is 12.6. The van der Waals surface area contributed by atoms with Crippen LogP contribution in [0.15, 0.2) is 16.6 Å². The molecule has 0 amide bonds. The first-order valence-corrected chi connectivity index (χ1v) is 2.83. The van der Waals surface area contributed by atoms with Gasteiger partial charge in [0.05, 0.1) is 4.47 Å². The molecule has 0 nitrogen and oxygen atoms in total. The lowest BCUT2D eigenvalue weighted by Crippen LogP contribution is -1.68. The molecule has 0 aliphatic heterocycles. The Hall–Kier alpha value is -0.550. The van der Waals surface area contributed by atoms with Crippen molar-refractivity contribution >= 4 is 15.9 Å². The summed E-state index contributed by atoms with van der Waals surface area (Å²) in [5.41, 5.74) is 0. The van der Waals surface area contributed by atoms with E-state index in [1.54, 1.807) is 12.1 Å². The highest BCUT2D eigenvalue weighted by Gasteiger charge is 1.89. The summed E-state index contributed by atoms with van der Waals surface area (Å²) in [6, 6.07) is 7.90. The average molecular weight is 173 g/mol. The second-order valence-electron chi connectivity index (χ2n) is 1.26. The Balaban J connectivity index is 3.13. The van der Waals surface area contributed by atoms with Crippen LogP contribution < -0.4 is 0 Å². The minimum Gasteiger partial charge on any atom is -0.196 e. The van der Waals surface area contributed by atoms with Gasteiger partial charge < -0.3 is 0 Å². The maximum Gasteiger partial charge on any atom is 0.187 e. The molecule has 2 heteroatoms. The van der Waals surface area contributed by atoms with Crippen molar-refractivity contribution in [1.29, 1.82) is 0 Å². The first-order valence-electron chi connectivity index (χ1n) is 2.04. The van der Waals surface area contributed by atoms with Gasteiger partial charge in [0.25, 0.3) is 0 Å². The Morgan fingerprint density at radius 1 is 1.62 bits per heavy atom. The minimum absolute atomic E-state index is 0.396. The predicted octanol–water partition coefficient (Wildman–Crippen LogP) is 2.19. The van der Waals surface area contributed by atoms with Crippen molar-refractivity contribution in [3.63, 3.8) is 0 Å². The van der Waals surface area contributed by atoms with E-state index in [9.17, 15) is 4.39 Å². The molecule has 0 fully saturated rings. The van der Waals surface area contributed by atoms with Gasteiger partial charge in [-0.25, -0.2) is 0 Å². The van der Waals surface area contributed by atoms with E-state index >= 15 is 0 Å². The first-order chi connectivity index (χ1) is 3.80. The monoisotopic (exact) mass is 172 g/mol. The topological polar surface area (TPSA) is 0 Å². The lowest BCUT2D eigenvalue weighted by Gasteiger charge is -1.81. The molecule has 1 aromatic rings. The zero-order chi connectivity index (χ0) is 5.98. The van der Waals surface area contributed by atoms with Gasteiger partial charge in [0.1, 0.15) is 0 Å². The quantitative estimate of drug-likeness (QED) is 0.564. The van der Waals surface area contributed by atoms with E-state index in [0.717, 1.165) is 0 Å². The van der Waals surface area contributed by atoms with Crippen LogP contribution in [0.3, 0.4) is 0 Å². The predicted molar refractivity (Wildman–Crippen MR) is 31.8 cm³/mol. The fourth-order valence-electron chi connectivity index (χ4n) is 0.353. The van der Waals surface area contributed by atoms with Gasteiger partial charge in [0.15, 0.2) is 5.82 Å². The molecule has 0 saturated heterocycles. The van der Waals surface area contributed by atoms with Crippen molar-refractivity contribution in [1.82, 2.24) is 0 Å². The maximum absolute atomic E-state index is 12.2. The molecule has 40 valence electrons. The summed E-state index contributed by atoms with van der Waals surface area (Å²) in [6.45, 7) is 0. The van der Waals surface area contributed by atoms with Crippen LogP contribution in [-0.4, -0.2) is 0 Å². The van der Waals surface area contributed by atoms with Crippen LogP contribution in [-0.2, 0) is 0 Å². The molecule has 0 N–H and O–H groups in total. The van der Waals surface area contributed by atoms with Gasteiger partial charge in [0, 0.05) is 0 Å². The summed E-state index contributed by atoms with van der Waals surface area (Å²) in [4.78, 5) is 0. The van der Waals surface area contributed by atoms with E-state index in [4.69, 9.17) is 0 Å². The summed E-state index contributed by atoms with van der Waals surface area (Å²) in [5, 5.41) is 0. The third-order valence-corrected chi connectivity index (χ3v) is 1.32. The highest BCUT2D eigenvalue weighted by Crippen LogP contribution is 2.09. The molecule has 1 aromatic carbocycles. The molecule has 0 heterocycles. The smallest absolute Gasteiger partial charge is 0.187 e. The number of halogens is 2. The third kappa shape index (κ3) is 0.988. The fraction of sp³-hybridized carbons (Fsp3) is 0. The van der Waals surface area contributed by atoms with E-state index < -0.39 is 5.82 Å². The summed E-state index contributed by atoms with van der Waals surface area (Å²) in [5.74, 6) is -0.396. The van der Waals surface area contributed by atoms with Crippen molar-refractivity contribution in [3.05, 3.63) is 34.6 Å². The van der Waals surface area contributed by atoms with Crippen LogP contribution in [0.4, 0.5) is 4.39 Å². The number of rotatable bonds is 0. The number of hydrogen-bond acceptors (Lipinski definition) is 0. The molecule has 0 bridgehead atoms. The van der Waals surface area contributed by atoms with Crippen LogP contribution in [0, 0.1) is 17.9 Å². The molecular weight excluding hydrogens is 171 g/mol. The largest absolute Gasteiger partial charge is 0.196 e. The van der Waals surface area contributed by atoms with Crippen molar-refractivity contribution in [2.24, 2.45) is 0 Å². The second-order valence-corrected chi connectivity index (χ2v) is 2.12. The molecule has 0 radical (unpaired) electrons. The van der Waals surface area contributed by atoms with Crippen molar-refractivity contribution < 1.29 is 4.39 Å².